The lowest BCUT2D eigenvalue weighted by molar-refractivity contribution is 0.442. The first kappa shape index (κ1) is 49.4. The second kappa shape index (κ2) is 19.0. The number of phenols is 4. The Kier molecular flexibility index (Phi) is 13.4. The van der Waals surface area contributed by atoms with Crippen molar-refractivity contribution in [2.75, 3.05) is 0 Å². The Balaban J connectivity index is 1.33. The van der Waals surface area contributed by atoms with E-state index in [0.717, 1.165) is 44.5 Å². The average molecular weight is 927 g/mol. The molecule has 8 aromatic carbocycles. The summed E-state index contributed by atoms with van der Waals surface area (Å²) in [5.41, 5.74) is 11.1. The van der Waals surface area contributed by atoms with Crippen molar-refractivity contribution in [3.05, 3.63) is 260 Å². The van der Waals surface area contributed by atoms with Crippen LogP contribution in [0, 0.1) is 0 Å². The number of hydrogen-bond acceptors (Lipinski definition) is 4. The van der Waals surface area contributed by atoms with Gasteiger partial charge < -0.3 is 20.4 Å². The molecule has 4 N–H and O–H groups in total. The van der Waals surface area contributed by atoms with Gasteiger partial charge in [0.1, 0.15) is 23.0 Å². The van der Waals surface area contributed by atoms with E-state index in [1.807, 2.05) is 36.4 Å². The largest absolute Gasteiger partial charge is 0.508 e. The average Bonchev–Trinajstić information content (AvgIpc) is 3.37. The van der Waals surface area contributed by atoms with Crippen LogP contribution in [0.5, 0.6) is 23.0 Å². The van der Waals surface area contributed by atoms with Crippen LogP contribution in [0.1, 0.15) is 172 Å². The van der Waals surface area contributed by atoms with E-state index in [-0.39, 0.29) is 33.8 Å². The van der Waals surface area contributed by atoms with Crippen molar-refractivity contribution in [3.8, 4) is 23.0 Å². The van der Waals surface area contributed by atoms with Crippen molar-refractivity contribution in [3.63, 3.8) is 0 Å². The Labute approximate surface area is 417 Å². The monoisotopic (exact) mass is 927 g/mol. The van der Waals surface area contributed by atoms with Crippen LogP contribution >= 0.6 is 0 Å². The minimum Gasteiger partial charge on any atom is -0.508 e. The predicted molar refractivity (Wildman–Crippen MR) is 289 cm³/mol. The number of rotatable bonds is 14. The van der Waals surface area contributed by atoms with E-state index in [0.29, 0.717) is 33.4 Å². The summed E-state index contributed by atoms with van der Waals surface area (Å²) in [6.45, 7) is 23.8. The highest BCUT2D eigenvalue weighted by atomic mass is 16.3. The highest BCUT2D eigenvalue weighted by Gasteiger charge is 2.34. The van der Waals surface area contributed by atoms with Crippen LogP contribution in [-0.4, -0.2) is 20.4 Å². The molecule has 0 saturated heterocycles. The second-order valence-electron chi connectivity index (χ2n) is 21.7. The lowest BCUT2D eigenvalue weighted by atomic mass is 9.72. The van der Waals surface area contributed by atoms with Crippen molar-refractivity contribution >= 4 is 0 Å². The van der Waals surface area contributed by atoms with Crippen molar-refractivity contribution in [1.82, 2.24) is 0 Å². The van der Waals surface area contributed by atoms with Crippen molar-refractivity contribution in [1.29, 1.82) is 0 Å². The van der Waals surface area contributed by atoms with Crippen molar-refractivity contribution < 1.29 is 20.4 Å². The van der Waals surface area contributed by atoms with Crippen LogP contribution in [0.15, 0.2) is 182 Å². The Morgan fingerprint density at radius 3 is 0.729 bits per heavy atom. The maximum atomic E-state index is 12.9. The topological polar surface area (TPSA) is 80.9 Å². The van der Waals surface area contributed by atoms with Crippen LogP contribution < -0.4 is 0 Å². The zero-order valence-electron chi connectivity index (χ0n) is 42.8. The Bertz CT molecular complexity index is 2900. The third kappa shape index (κ3) is 9.13. The quantitative estimate of drug-likeness (QED) is 0.0876. The molecule has 0 fully saturated rings. The molecule has 0 aromatic heterocycles. The zero-order chi connectivity index (χ0) is 50.3. The van der Waals surface area contributed by atoms with Gasteiger partial charge in [0.25, 0.3) is 0 Å². The molecule has 0 heterocycles. The standard InChI is InChI=1S/C66H70O4/c1-42(53-36-49(32-34-59(53)67)63(4,5)45-24-16-12-17-25-45)55-38-51(65(8,9)47-28-20-14-21-29-47)40-57(61(55)69)44(3)58-41-52(66(10,11)48-30-22-15-23-31-48)39-56(62(58)70)43(2)54-37-50(33-35-60(54)68)64(6,7)46-26-18-13-19-27-46/h12-44,67-70H,1-11H3. The summed E-state index contributed by atoms with van der Waals surface area (Å²) in [4.78, 5) is 0. The van der Waals surface area contributed by atoms with Gasteiger partial charge in [0.05, 0.1) is 0 Å². The lowest BCUT2D eigenvalue weighted by Crippen LogP contribution is -2.21. The van der Waals surface area contributed by atoms with E-state index in [4.69, 9.17) is 0 Å². The van der Waals surface area contributed by atoms with Gasteiger partial charge in [0.15, 0.2) is 0 Å². The van der Waals surface area contributed by atoms with Crippen LogP contribution in [0.3, 0.4) is 0 Å². The van der Waals surface area contributed by atoms with Crippen molar-refractivity contribution in [2.45, 2.75) is 116 Å². The van der Waals surface area contributed by atoms with E-state index in [9.17, 15) is 20.4 Å². The van der Waals surface area contributed by atoms with Gasteiger partial charge in [-0.05, 0) is 56.6 Å². The van der Waals surface area contributed by atoms with Gasteiger partial charge >= 0.3 is 0 Å². The van der Waals surface area contributed by atoms with E-state index < -0.39 is 28.6 Å². The minimum absolute atomic E-state index is 0.120. The van der Waals surface area contributed by atoms with Crippen LogP contribution in [0.2, 0.25) is 0 Å². The normalized spacial score (nSPS) is 13.7. The van der Waals surface area contributed by atoms with E-state index in [1.165, 1.54) is 0 Å². The maximum absolute atomic E-state index is 12.9. The summed E-state index contributed by atoms with van der Waals surface area (Å²) >= 11 is 0. The maximum Gasteiger partial charge on any atom is 0.123 e. The molecule has 0 aliphatic carbocycles. The summed E-state index contributed by atoms with van der Waals surface area (Å²) in [6, 6.07) is 61.8. The fraction of sp³-hybridized carbons (Fsp3) is 0.273. The molecule has 8 aromatic rings. The fourth-order valence-electron chi connectivity index (χ4n) is 10.6. The number of phenolic OH excluding ortho intramolecular Hbond substituents is 4. The summed E-state index contributed by atoms with van der Waals surface area (Å²) in [5.74, 6) is -0.797. The molecular weight excluding hydrogens is 857 g/mol. The van der Waals surface area contributed by atoms with Crippen LogP contribution in [-0.2, 0) is 21.7 Å². The number of benzene rings is 8. The third-order valence-corrected chi connectivity index (χ3v) is 16.1. The molecule has 0 radical (unpaired) electrons. The molecule has 8 rings (SSSR count). The van der Waals surface area contributed by atoms with Gasteiger partial charge in [-0.1, -0.05) is 246 Å². The number of hydrogen-bond donors (Lipinski definition) is 4. The molecule has 0 aliphatic rings. The predicted octanol–water partition coefficient (Wildman–Crippen LogP) is 16.3. The summed E-state index contributed by atoms with van der Waals surface area (Å²) in [7, 11) is 0. The first-order valence-corrected chi connectivity index (χ1v) is 24.8. The Morgan fingerprint density at radius 1 is 0.257 bits per heavy atom. The van der Waals surface area contributed by atoms with Crippen LogP contribution in [0.25, 0.3) is 0 Å². The second-order valence-corrected chi connectivity index (χ2v) is 21.7. The molecular formula is C66H70O4. The molecule has 4 heteroatoms. The molecule has 358 valence electrons. The SMILES string of the molecule is CC(c1cc(C(C)(C)c2ccccc2)ccc1O)c1cc(C(C)(C)c2ccccc2)cc(C(C)c2cc(C(C)(C)c3ccccc3)cc(C(C)c3cc(C(C)(C)c4ccccc4)ccc3O)c2O)c1O. The molecule has 0 spiro atoms. The highest BCUT2D eigenvalue weighted by molar-refractivity contribution is 5.61. The fourth-order valence-corrected chi connectivity index (χ4v) is 10.6. The first-order chi connectivity index (χ1) is 33.1. The van der Waals surface area contributed by atoms with E-state index >= 15 is 0 Å². The zero-order valence-corrected chi connectivity index (χ0v) is 42.8. The van der Waals surface area contributed by atoms with Crippen molar-refractivity contribution in [2.24, 2.45) is 0 Å². The van der Waals surface area contributed by atoms with E-state index in [1.54, 1.807) is 12.1 Å². The molecule has 2 atom stereocenters. The van der Waals surface area contributed by atoms with Gasteiger partial charge in [-0.2, -0.15) is 0 Å². The van der Waals surface area contributed by atoms with E-state index in [2.05, 4.69) is 210 Å². The molecule has 2 unspecified atom stereocenters. The minimum atomic E-state index is -0.510. The summed E-state index contributed by atoms with van der Waals surface area (Å²) in [5, 5.41) is 49.2. The van der Waals surface area contributed by atoms with Crippen LogP contribution in [0.4, 0.5) is 0 Å². The third-order valence-electron chi connectivity index (χ3n) is 16.1. The van der Waals surface area contributed by atoms with Gasteiger partial charge in [-0.15, -0.1) is 0 Å². The summed E-state index contributed by atoms with van der Waals surface area (Å²) in [6.07, 6.45) is 0. The van der Waals surface area contributed by atoms with Gasteiger partial charge in [-0.3, -0.25) is 0 Å². The molecule has 4 nitrogen and oxygen atoms in total. The van der Waals surface area contributed by atoms with Gasteiger partial charge in [0.2, 0.25) is 0 Å². The van der Waals surface area contributed by atoms with Gasteiger partial charge in [-0.25, -0.2) is 0 Å². The highest BCUT2D eigenvalue weighted by Crippen LogP contribution is 2.50. The first-order valence-electron chi connectivity index (χ1n) is 24.8. The molecule has 0 saturated carbocycles. The molecule has 70 heavy (non-hydrogen) atoms. The Morgan fingerprint density at radius 2 is 0.471 bits per heavy atom. The molecule has 0 aliphatic heterocycles. The number of aromatic hydroxyl groups is 4. The Hall–Kier alpha value is -7.04. The smallest absolute Gasteiger partial charge is 0.123 e. The molecule has 0 amide bonds. The molecule has 0 bridgehead atoms. The van der Waals surface area contributed by atoms with Gasteiger partial charge in [0, 0.05) is 72.8 Å². The summed E-state index contributed by atoms with van der Waals surface area (Å²) < 4.78 is 0. The lowest BCUT2D eigenvalue weighted by Gasteiger charge is -2.32.